The van der Waals surface area contributed by atoms with E-state index in [0.717, 1.165) is 47.5 Å². The number of benzene rings is 1. The Bertz CT molecular complexity index is 1190. The Balaban J connectivity index is 1.37. The molecule has 1 saturated heterocycles. The van der Waals surface area contributed by atoms with E-state index in [4.69, 9.17) is 4.74 Å². The van der Waals surface area contributed by atoms with Gasteiger partial charge in [0, 0.05) is 67.0 Å². The number of aryl methyl sites for hydroxylation is 1. The molecule has 188 valence electrons. The molecule has 1 aliphatic heterocycles. The number of piperazine rings is 1. The minimum atomic E-state index is -0.00403. The maximum absolute atomic E-state index is 12.7. The quantitative estimate of drug-likeness (QED) is 0.294. The van der Waals surface area contributed by atoms with Crippen molar-refractivity contribution in [1.29, 1.82) is 0 Å². The van der Waals surface area contributed by atoms with Crippen molar-refractivity contribution in [2.24, 2.45) is 13.0 Å². The van der Waals surface area contributed by atoms with Crippen LogP contribution in [0.5, 0.6) is 5.75 Å². The molecule has 2 aromatic heterocycles. The van der Waals surface area contributed by atoms with Crippen molar-refractivity contribution in [3.63, 3.8) is 0 Å². The van der Waals surface area contributed by atoms with Gasteiger partial charge in [0.2, 0.25) is 0 Å². The molecule has 7 heteroatoms. The predicted octanol–water partition coefficient (Wildman–Crippen LogP) is 4.88. The third-order valence-electron chi connectivity index (χ3n) is 7.30. The normalized spacial score (nSPS) is 17.7. The van der Waals surface area contributed by atoms with Gasteiger partial charge < -0.3 is 24.5 Å². The fourth-order valence-corrected chi connectivity index (χ4v) is 5.90. The van der Waals surface area contributed by atoms with Gasteiger partial charge in [0.05, 0.1) is 0 Å². The second kappa shape index (κ2) is 11.2. The van der Waals surface area contributed by atoms with Crippen molar-refractivity contribution in [2.45, 2.75) is 50.0 Å². The van der Waals surface area contributed by atoms with Crippen LogP contribution < -0.4 is 15.6 Å². The maximum Gasteiger partial charge on any atom is 0.274 e. The van der Waals surface area contributed by atoms with Crippen LogP contribution in [-0.2, 0) is 7.05 Å². The van der Waals surface area contributed by atoms with Crippen molar-refractivity contribution in [1.82, 2.24) is 19.8 Å². The first-order valence-corrected chi connectivity index (χ1v) is 14.2. The number of ether oxygens (including phenoxy) is 1. The Labute approximate surface area is 212 Å². The number of H-pyrrole nitrogens is 1. The Morgan fingerprint density at radius 2 is 1.97 bits per heavy atom. The zero-order valence-electron chi connectivity index (χ0n) is 21.0. The van der Waals surface area contributed by atoms with Crippen LogP contribution in [0.25, 0.3) is 22.0 Å². The molecule has 1 aliphatic carbocycles. The first-order chi connectivity index (χ1) is 17.1. The molecule has 1 atom stereocenters. The van der Waals surface area contributed by atoms with Gasteiger partial charge in [-0.2, -0.15) is 0 Å². The number of fused-ring (bicyclic) bond motifs is 1. The Morgan fingerprint density at radius 3 is 2.74 bits per heavy atom. The second-order valence-electron chi connectivity index (χ2n) is 9.90. The van der Waals surface area contributed by atoms with Gasteiger partial charge in [0.15, 0.2) is 0 Å². The standard InChI is InChI=1S/C28H38N4O2S/c1-3-35-21-9-10-26(23(18-21)24-19-31(2)28(33)27-22(24)11-12-30-27)34-25(20-7-8-20)6-4-5-15-32-16-13-29-14-17-32/h9-12,18-20,25,29-30H,3-8,13-17H2,1-2H3. The smallest absolute Gasteiger partial charge is 0.274 e. The molecular formula is C28H38N4O2S. The van der Waals surface area contributed by atoms with Crippen molar-refractivity contribution in [3.8, 4) is 16.9 Å². The molecular weight excluding hydrogens is 456 g/mol. The van der Waals surface area contributed by atoms with Crippen LogP contribution in [0.1, 0.15) is 39.0 Å². The van der Waals surface area contributed by atoms with Gasteiger partial charge in [-0.15, -0.1) is 11.8 Å². The molecule has 3 heterocycles. The average Bonchev–Trinajstić information content (AvgIpc) is 3.60. The van der Waals surface area contributed by atoms with E-state index < -0.39 is 0 Å². The summed E-state index contributed by atoms with van der Waals surface area (Å²) in [5, 5.41) is 4.39. The molecule has 3 aromatic rings. The number of thioether (sulfide) groups is 1. The van der Waals surface area contributed by atoms with Crippen LogP contribution in [0.3, 0.4) is 0 Å². The monoisotopic (exact) mass is 494 g/mol. The molecule has 0 bridgehead atoms. The minimum Gasteiger partial charge on any atom is -0.489 e. The van der Waals surface area contributed by atoms with E-state index in [1.807, 2.05) is 37.3 Å². The predicted molar refractivity (Wildman–Crippen MR) is 146 cm³/mol. The highest BCUT2D eigenvalue weighted by Gasteiger charge is 2.33. The first kappa shape index (κ1) is 24.5. The van der Waals surface area contributed by atoms with Gasteiger partial charge in [0.1, 0.15) is 17.4 Å². The highest BCUT2D eigenvalue weighted by Crippen LogP contribution is 2.41. The van der Waals surface area contributed by atoms with Crippen molar-refractivity contribution in [2.75, 3.05) is 38.5 Å². The number of nitrogens with one attached hydrogen (secondary N) is 2. The number of aromatic amines is 1. The highest BCUT2D eigenvalue weighted by molar-refractivity contribution is 7.99. The van der Waals surface area contributed by atoms with Gasteiger partial charge in [-0.25, -0.2) is 0 Å². The van der Waals surface area contributed by atoms with Gasteiger partial charge >= 0.3 is 0 Å². The summed E-state index contributed by atoms with van der Waals surface area (Å²) in [5.41, 5.74) is 2.77. The molecule has 1 saturated carbocycles. The fourth-order valence-electron chi connectivity index (χ4n) is 5.20. The molecule has 2 aliphatic rings. The molecule has 2 N–H and O–H groups in total. The van der Waals surface area contributed by atoms with Gasteiger partial charge in [-0.05, 0) is 74.6 Å². The number of pyridine rings is 1. The summed E-state index contributed by atoms with van der Waals surface area (Å²) in [7, 11) is 1.82. The number of rotatable bonds is 11. The molecule has 0 amide bonds. The lowest BCUT2D eigenvalue weighted by molar-refractivity contribution is 0.161. The molecule has 35 heavy (non-hydrogen) atoms. The van der Waals surface area contributed by atoms with Crippen molar-refractivity contribution >= 4 is 22.7 Å². The van der Waals surface area contributed by atoms with Crippen LogP contribution in [-0.4, -0.2) is 59.0 Å². The summed E-state index contributed by atoms with van der Waals surface area (Å²) in [5.74, 6) is 2.62. The van der Waals surface area contributed by atoms with Crippen LogP contribution in [0.4, 0.5) is 0 Å². The zero-order valence-corrected chi connectivity index (χ0v) is 21.8. The van der Waals surface area contributed by atoms with E-state index in [0.29, 0.717) is 11.4 Å². The summed E-state index contributed by atoms with van der Waals surface area (Å²) in [4.78, 5) is 19.6. The van der Waals surface area contributed by atoms with Crippen LogP contribution in [0.2, 0.25) is 0 Å². The van der Waals surface area contributed by atoms with E-state index >= 15 is 0 Å². The van der Waals surface area contributed by atoms with Crippen LogP contribution in [0, 0.1) is 5.92 Å². The summed E-state index contributed by atoms with van der Waals surface area (Å²) in [6, 6.07) is 8.57. The molecule has 6 nitrogen and oxygen atoms in total. The van der Waals surface area contributed by atoms with Gasteiger partial charge in [0.25, 0.3) is 5.56 Å². The first-order valence-electron chi connectivity index (χ1n) is 13.2. The van der Waals surface area contributed by atoms with E-state index in [9.17, 15) is 4.79 Å². The Kier molecular flexibility index (Phi) is 7.85. The summed E-state index contributed by atoms with van der Waals surface area (Å²) in [6.07, 6.45) is 10.1. The summed E-state index contributed by atoms with van der Waals surface area (Å²) >= 11 is 1.83. The summed E-state index contributed by atoms with van der Waals surface area (Å²) in [6.45, 7) is 7.93. The third-order valence-corrected chi connectivity index (χ3v) is 8.17. The highest BCUT2D eigenvalue weighted by atomic mass is 32.2. The Hall–Kier alpha value is -2.22. The van der Waals surface area contributed by atoms with E-state index in [-0.39, 0.29) is 11.7 Å². The van der Waals surface area contributed by atoms with E-state index in [2.05, 4.69) is 40.3 Å². The van der Waals surface area contributed by atoms with Crippen molar-refractivity contribution in [3.05, 3.63) is 47.0 Å². The largest absolute Gasteiger partial charge is 0.489 e. The Morgan fingerprint density at radius 1 is 1.14 bits per heavy atom. The average molecular weight is 495 g/mol. The topological polar surface area (TPSA) is 62.3 Å². The number of aromatic nitrogens is 2. The lowest BCUT2D eigenvalue weighted by atomic mass is 10.0. The molecule has 0 spiro atoms. The summed E-state index contributed by atoms with van der Waals surface area (Å²) < 4.78 is 8.49. The zero-order chi connectivity index (χ0) is 24.2. The van der Waals surface area contributed by atoms with Crippen LogP contribution in [0.15, 0.2) is 46.3 Å². The maximum atomic E-state index is 12.7. The van der Waals surface area contributed by atoms with E-state index in [1.54, 1.807) is 4.57 Å². The lowest BCUT2D eigenvalue weighted by Crippen LogP contribution is -2.43. The number of hydrogen-bond acceptors (Lipinski definition) is 5. The molecule has 2 fully saturated rings. The van der Waals surface area contributed by atoms with Gasteiger partial charge in [-0.1, -0.05) is 6.92 Å². The fraction of sp³-hybridized carbons (Fsp3) is 0.536. The van der Waals surface area contributed by atoms with Crippen molar-refractivity contribution < 1.29 is 4.74 Å². The van der Waals surface area contributed by atoms with Gasteiger partial charge in [-0.3, -0.25) is 4.79 Å². The van der Waals surface area contributed by atoms with Crippen LogP contribution >= 0.6 is 11.8 Å². The number of nitrogens with zero attached hydrogens (tertiary/aromatic N) is 2. The second-order valence-corrected chi connectivity index (χ2v) is 11.2. The lowest BCUT2D eigenvalue weighted by Gasteiger charge is -2.27. The third kappa shape index (κ3) is 5.79. The number of unbranched alkanes of at least 4 members (excludes halogenated alkanes) is 1. The molecule has 5 rings (SSSR count). The molecule has 0 radical (unpaired) electrons. The SMILES string of the molecule is CCSc1ccc(OC(CCCCN2CCNCC2)C2CC2)c(-c2cn(C)c(=O)c3[nH]ccc23)c1. The minimum absolute atomic E-state index is 0.00403. The molecule has 1 unspecified atom stereocenters. The number of hydrogen-bond donors (Lipinski definition) is 2. The molecule has 1 aromatic carbocycles. The van der Waals surface area contributed by atoms with E-state index in [1.165, 1.54) is 50.2 Å².